The van der Waals surface area contributed by atoms with E-state index in [4.69, 9.17) is 11.6 Å². The van der Waals surface area contributed by atoms with Gasteiger partial charge in [0.25, 0.3) is 0 Å². The molecule has 0 spiro atoms. The highest BCUT2D eigenvalue weighted by Crippen LogP contribution is 2.38. The Morgan fingerprint density at radius 1 is 1.21 bits per heavy atom. The van der Waals surface area contributed by atoms with E-state index >= 15 is 0 Å². The number of benzene rings is 2. The highest BCUT2D eigenvalue weighted by molar-refractivity contribution is 8.00. The van der Waals surface area contributed by atoms with Crippen LogP contribution in [0.2, 0.25) is 5.02 Å². The molecule has 0 radical (unpaired) electrons. The van der Waals surface area contributed by atoms with E-state index in [1.165, 1.54) is 11.8 Å². The first-order valence-corrected chi connectivity index (χ1v) is 10.3. The van der Waals surface area contributed by atoms with E-state index in [2.05, 4.69) is 20.9 Å². The molecule has 0 saturated carbocycles. The van der Waals surface area contributed by atoms with Gasteiger partial charge in [-0.25, -0.2) is 4.68 Å². The summed E-state index contributed by atoms with van der Waals surface area (Å²) in [6.07, 6.45) is 0.744. The molecule has 1 aliphatic heterocycles. The molecule has 3 aromatic rings. The molecule has 2 aromatic carbocycles. The number of halogens is 1. The lowest BCUT2D eigenvalue weighted by atomic mass is 10.0. The van der Waals surface area contributed by atoms with Crippen LogP contribution in [0.1, 0.15) is 29.9 Å². The van der Waals surface area contributed by atoms with Crippen LogP contribution >= 0.6 is 23.4 Å². The molecule has 0 saturated heterocycles. The van der Waals surface area contributed by atoms with Crippen LogP contribution in [0.15, 0.2) is 53.7 Å². The Hall–Kier alpha value is -2.51. The second kappa shape index (κ2) is 7.85. The Bertz CT molecular complexity index is 1000. The average Bonchev–Trinajstić information content (AvgIpc) is 3.11. The van der Waals surface area contributed by atoms with Crippen molar-refractivity contribution in [3.05, 3.63) is 70.5 Å². The molecule has 1 aromatic heterocycles. The van der Waals surface area contributed by atoms with Crippen LogP contribution in [0.3, 0.4) is 0 Å². The van der Waals surface area contributed by atoms with Crippen molar-refractivity contribution < 1.29 is 4.79 Å². The van der Waals surface area contributed by atoms with Crippen molar-refractivity contribution in [3.63, 3.8) is 0 Å². The Morgan fingerprint density at radius 2 is 1.96 bits per heavy atom. The first-order chi connectivity index (χ1) is 13.6. The maximum atomic E-state index is 13.2. The highest BCUT2D eigenvalue weighted by atomic mass is 35.5. The monoisotopic (exact) mass is 413 g/mol. The average molecular weight is 414 g/mol. The third-order valence-corrected chi connectivity index (χ3v) is 6.18. The zero-order chi connectivity index (χ0) is 19.7. The van der Waals surface area contributed by atoms with Gasteiger partial charge >= 0.3 is 0 Å². The fourth-order valence-corrected chi connectivity index (χ4v) is 4.39. The molecule has 6 nitrogen and oxygen atoms in total. The minimum Gasteiger partial charge on any atom is -0.325 e. The number of aromatic nitrogens is 3. The maximum absolute atomic E-state index is 13.2. The second-order valence-electron chi connectivity index (χ2n) is 6.59. The van der Waals surface area contributed by atoms with Crippen LogP contribution in [-0.2, 0) is 11.2 Å². The van der Waals surface area contributed by atoms with Crippen molar-refractivity contribution in [1.29, 1.82) is 0 Å². The zero-order valence-corrected chi connectivity index (χ0v) is 17.1. The molecule has 1 amide bonds. The van der Waals surface area contributed by atoms with Gasteiger partial charge in [0.1, 0.15) is 5.25 Å². The number of carbonyl (C=O) groups excluding carboxylic acids is 1. The van der Waals surface area contributed by atoms with Gasteiger partial charge in [-0.05, 0) is 36.2 Å². The van der Waals surface area contributed by atoms with Crippen LogP contribution in [0, 0.1) is 6.92 Å². The number of anilines is 1. The van der Waals surface area contributed by atoms with Crippen molar-refractivity contribution >= 4 is 35.0 Å². The van der Waals surface area contributed by atoms with Crippen molar-refractivity contribution in [3.8, 4) is 0 Å². The molecular weight excluding hydrogens is 394 g/mol. The number of nitrogens with one attached hydrogen (secondary N) is 2. The van der Waals surface area contributed by atoms with Crippen LogP contribution in [0.4, 0.5) is 5.69 Å². The molecule has 0 bridgehead atoms. The van der Waals surface area contributed by atoms with E-state index in [9.17, 15) is 4.79 Å². The standard InChI is InChI=1S/C20H20ClN5OS/c1-3-16-23-24-20-26(16)25-17(13-8-10-14(21)11-9-13)18(28-20)19(27)22-15-7-5-4-6-12(15)2/h4-11,17-18,25H,3H2,1-2H3,(H,22,27)/t17-,18-/m0/s1. The fourth-order valence-electron chi connectivity index (χ4n) is 3.16. The topological polar surface area (TPSA) is 71.8 Å². The SMILES string of the molecule is CCc1nnc2n1N[C@@H](c1ccc(Cl)cc1)[C@@H](C(=O)Nc1ccccc1C)S2. The molecule has 0 fully saturated rings. The minimum atomic E-state index is -0.415. The molecule has 2 N–H and O–H groups in total. The number of carbonyl (C=O) groups is 1. The van der Waals surface area contributed by atoms with Gasteiger partial charge < -0.3 is 10.7 Å². The summed E-state index contributed by atoms with van der Waals surface area (Å²) < 4.78 is 1.88. The normalized spacial score (nSPS) is 18.2. The molecular formula is C20H20ClN5OS. The van der Waals surface area contributed by atoms with E-state index in [0.29, 0.717) is 10.2 Å². The molecule has 144 valence electrons. The molecule has 2 heterocycles. The van der Waals surface area contributed by atoms with Gasteiger partial charge in [-0.15, -0.1) is 10.2 Å². The van der Waals surface area contributed by atoms with E-state index in [-0.39, 0.29) is 11.9 Å². The number of fused-ring (bicyclic) bond motifs is 1. The van der Waals surface area contributed by atoms with Crippen molar-refractivity contribution in [2.75, 3.05) is 10.7 Å². The van der Waals surface area contributed by atoms with Crippen LogP contribution in [-0.4, -0.2) is 26.0 Å². The maximum Gasteiger partial charge on any atom is 0.240 e. The molecule has 2 atom stereocenters. The smallest absolute Gasteiger partial charge is 0.240 e. The zero-order valence-electron chi connectivity index (χ0n) is 15.5. The van der Waals surface area contributed by atoms with Gasteiger partial charge in [-0.2, -0.15) is 0 Å². The van der Waals surface area contributed by atoms with Crippen molar-refractivity contribution in [1.82, 2.24) is 14.9 Å². The predicted octanol–water partition coefficient (Wildman–Crippen LogP) is 4.20. The lowest BCUT2D eigenvalue weighted by Crippen LogP contribution is -2.41. The summed E-state index contributed by atoms with van der Waals surface area (Å²) in [5, 5.41) is 12.5. The summed E-state index contributed by atoms with van der Waals surface area (Å²) in [5.74, 6) is 0.748. The van der Waals surface area contributed by atoms with Crippen LogP contribution in [0.5, 0.6) is 0 Å². The number of rotatable bonds is 4. The summed E-state index contributed by atoms with van der Waals surface area (Å²) in [6, 6.07) is 15.0. The number of nitrogens with zero attached hydrogens (tertiary/aromatic N) is 3. The van der Waals surface area contributed by atoms with E-state index in [0.717, 1.165) is 29.1 Å². The van der Waals surface area contributed by atoms with Gasteiger partial charge in [0, 0.05) is 17.1 Å². The number of thioether (sulfide) groups is 1. The van der Waals surface area contributed by atoms with Crippen LogP contribution in [0.25, 0.3) is 0 Å². The summed E-state index contributed by atoms with van der Waals surface area (Å²) in [7, 11) is 0. The minimum absolute atomic E-state index is 0.0842. The second-order valence-corrected chi connectivity index (χ2v) is 8.13. The highest BCUT2D eigenvalue weighted by Gasteiger charge is 2.37. The van der Waals surface area contributed by atoms with Gasteiger partial charge in [-0.3, -0.25) is 4.79 Å². The summed E-state index contributed by atoms with van der Waals surface area (Å²) in [6.45, 7) is 4.00. The first-order valence-electron chi connectivity index (χ1n) is 9.06. The molecule has 28 heavy (non-hydrogen) atoms. The summed E-state index contributed by atoms with van der Waals surface area (Å²) >= 11 is 7.47. The Kier molecular flexibility index (Phi) is 5.28. The lowest BCUT2D eigenvalue weighted by molar-refractivity contribution is -0.116. The fraction of sp³-hybridized carbons (Fsp3) is 0.250. The number of amides is 1. The third-order valence-electron chi connectivity index (χ3n) is 4.71. The summed E-state index contributed by atoms with van der Waals surface area (Å²) in [4.78, 5) is 13.2. The predicted molar refractivity (Wildman–Crippen MR) is 112 cm³/mol. The number of para-hydroxylation sites is 1. The molecule has 8 heteroatoms. The quantitative estimate of drug-likeness (QED) is 0.670. The molecule has 1 aliphatic rings. The number of aryl methyl sites for hydroxylation is 2. The van der Waals surface area contributed by atoms with E-state index in [1.807, 2.05) is 67.1 Å². The van der Waals surface area contributed by atoms with Gasteiger partial charge in [0.05, 0.1) is 6.04 Å². The van der Waals surface area contributed by atoms with E-state index in [1.54, 1.807) is 0 Å². The Morgan fingerprint density at radius 3 is 2.68 bits per heavy atom. The van der Waals surface area contributed by atoms with Crippen LogP contribution < -0.4 is 10.7 Å². The van der Waals surface area contributed by atoms with Gasteiger partial charge in [-0.1, -0.05) is 60.6 Å². The lowest BCUT2D eigenvalue weighted by Gasteiger charge is -2.33. The Labute approximate surface area is 172 Å². The summed E-state index contributed by atoms with van der Waals surface area (Å²) in [5.41, 5.74) is 6.23. The third kappa shape index (κ3) is 3.59. The van der Waals surface area contributed by atoms with Crippen molar-refractivity contribution in [2.24, 2.45) is 0 Å². The van der Waals surface area contributed by atoms with Gasteiger partial charge in [0.2, 0.25) is 11.1 Å². The van der Waals surface area contributed by atoms with Gasteiger partial charge in [0.15, 0.2) is 5.82 Å². The van der Waals surface area contributed by atoms with E-state index < -0.39 is 5.25 Å². The van der Waals surface area contributed by atoms with Crippen molar-refractivity contribution in [2.45, 2.75) is 36.7 Å². The molecule has 4 rings (SSSR count). The first kappa shape index (κ1) is 18.8. The number of hydrogen-bond acceptors (Lipinski definition) is 5. The largest absolute Gasteiger partial charge is 0.325 e. The molecule has 0 aliphatic carbocycles. The molecule has 0 unspecified atom stereocenters. The Balaban J connectivity index is 1.68. The number of hydrogen-bond donors (Lipinski definition) is 2.